The first-order valence-electron chi connectivity index (χ1n) is 19.9. The lowest BCUT2D eigenvalue weighted by molar-refractivity contribution is -0.346. The number of ketones is 1. The molecule has 60 heavy (non-hydrogen) atoms. The van der Waals surface area contributed by atoms with Gasteiger partial charge in [0.25, 0.3) is 5.24 Å². The fourth-order valence-electron chi connectivity index (χ4n) is 9.55. The van der Waals surface area contributed by atoms with E-state index in [1.165, 1.54) is 44.4 Å². The first-order valence-corrected chi connectivity index (χ1v) is 20.8. The van der Waals surface area contributed by atoms with Crippen molar-refractivity contribution in [1.82, 2.24) is 5.32 Å². The number of Topliss-reactive ketones (excluding diaryl/α,β-unsaturated/α-hetero) is 1. The van der Waals surface area contributed by atoms with Crippen LogP contribution in [0.2, 0.25) is 0 Å². The molecule has 16 nitrogen and oxygen atoms in total. The van der Waals surface area contributed by atoms with Gasteiger partial charge in [-0.15, -0.1) is 0 Å². The van der Waals surface area contributed by atoms with Crippen LogP contribution in [0.15, 0.2) is 64.3 Å². The quantitative estimate of drug-likeness (QED) is 0.142. The van der Waals surface area contributed by atoms with E-state index in [-0.39, 0.29) is 41.4 Å². The Morgan fingerprint density at radius 1 is 0.983 bits per heavy atom. The summed E-state index contributed by atoms with van der Waals surface area (Å²) < 4.78 is 35.6. The first kappa shape index (κ1) is 45.0. The smallest absolute Gasteiger partial charge is 0.338 e. The standard InChI is InChI=1S/C43H53NO15S/c1-21(2)19-60-39(52)44-31(26-15-12-16-54-26)32(48)38(51)57-27-18-43(53)36(58-37(50)25-13-10-9-11-14-25)34-41(8,28(47)17-29-42(34,20-55-29)59-24(5)46)35(49)33(56-23(4)45)30(22(27)3)40(43,6)7/h9-16,21,27-29,31-34,36,47-48,53H,17-20H2,1-8H3,(H,44,52)/t27-,28-,29+,31-,32+,33+,34?,36-,41+,42-,43+/m0/s1. The van der Waals surface area contributed by atoms with E-state index < -0.39 is 112 Å². The molecule has 1 saturated heterocycles. The summed E-state index contributed by atoms with van der Waals surface area (Å²) in [6.45, 7) is 11.8. The minimum Gasteiger partial charge on any atom is -0.467 e. The van der Waals surface area contributed by atoms with Crippen molar-refractivity contribution in [3.63, 3.8) is 0 Å². The third kappa shape index (κ3) is 7.67. The van der Waals surface area contributed by atoms with E-state index in [9.17, 15) is 39.3 Å². The van der Waals surface area contributed by atoms with Crippen molar-refractivity contribution < 1.29 is 72.2 Å². The van der Waals surface area contributed by atoms with Crippen molar-refractivity contribution in [1.29, 1.82) is 0 Å². The van der Waals surface area contributed by atoms with E-state index >= 15 is 4.79 Å². The number of amides is 1. The van der Waals surface area contributed by atoms with Crippen LogP contribution in [0.3, 0.4) is 0 Å². The molecule has 1 aromatic carbocycles. The minimum absolute atomic E-state index is 0.00846. The molecule has 2 saturated carbocycles. The van der Waals surface area contributed by atoms with Gasteiger partial charge in [-0.1, -0.05) is 57.7 Å². The number of fused-ring (bicyclic) bond motifs is 5. The summed E-state index contributed by atoms with van der Waals surface area (Å²) in [7, 11) is 0. The second-order valence-corrected chi connectivity index (χ2v) is 18.2. The highest BCUT2D eigenvalue weighted by Crippen LogP contribution is 2.64. The second-order valence-electron chi connectivity index (χ2n) is 17.3. The van der Waals surface area contributed by atoms with Crippen LogP contribution < -0.4 is 5.32 Å². The van der Waals surface area contributed by atoms with Crippen LogP contribution in [-0.2, 0) is 42.9 Å². The Morgan fingerprint density at radius 3 is 2.23 bits per heavy atom. The molecule has 0 spiro atoms. The topological polar surface area (TPSA) is 234 Å². The molecule has 0 radical (unpaired) electrons. The molecule has 1 aliphatic heterocycles. The summed E-state index contributed by atoms with van der Waals surface area (Å²) in [5.74, 6) is -5.64. The van der Waals surface area contributed by atoms with Gasteiger partial charge in [-0.2, -0.15) is 0 Å². The van der Waals surface area contributed by atoms with Gasteiger partial charge in [0, 0.05) is 37.9 Å². The number of carbonyl (C=O) groups excluding carboxylic acids is 6. The lowest BCUT2D eigenvalue weighted by Gasteiger charge is -2.67. The summed E-state index contributed by atoms with van der Waals surface area (Å²) >= 11 is 0.947. The summed E-state index contributed by atoms with van der Waals surface area (Å²) in [5.41, 5.74) is -7.65. The maximum absolute atomic E-state index is 15.4. The monoisotopic (exact) mass is 855 g/mol. The van der Waals surface area contributed by atoms with Gasteiger partial charge in [0.1, 0.15) is 35.7 Å². The molecule has 3 fully saturated rings. The third-order valence-corrected chi connectivity index (χ3v) is 13.9. The van der Waals surface area contributed by atoms with E-state index in [1.54, 1.807) is 32.0 Å². The molecule has 2 heterocycles. The predicted octanol–water partition coefficient (Wildman–Crippen LogP) is 4.00. The van der Waals surface area contributed by atoms with Crippen LogP contribution in [0.5, 0.6) is 0 Å². The number of rotatable bonds is 11. The molecule has 4 aliphatic rings. The Kier molecular flexibility index (Phi) is 12.5. The molecule has 3 aliphatic carbocycles. The molecule has 1 amide bonds. The van der Waals surface area contributed by atoms with Crippen LogP contribution in [0.4, 0.5) is 4.79 Å². The third-order valence-electron chi connectivity index (χ3n) is 12.7. The van der Waals surface area contributed by atoms with Crippen LogP contribution in [0, 0.1) is 22.7 Å². The molecule has 1 unspecified atom stereocenters. The fraction of sp³-hybridized carbons (Fsp3) is 0.581. The van der Waals surface area contributed by atoms with Gasteiger partial charge in [-0.05, 0) is 55.2 Å². The zero-order chi connectivity index (χ0) is 44.1. The molecule has 11 atom stereocenters. The van der Waals surface area contributed by atoms with Crippen LogP contribution >= 0.6 is 11.8 Å². The molecule has 2 bridgehead atoms. The van der Waals surface area contributed by atoms with E-state index in [0.717, 1.165) is 25.6 Å². The van der Waals surface area contributed by atoms with Crippen LogP contribution in [0.1, 0.15) is 90.4 Å². The molecule has 17 heteroatoms. The molecule has 4 N–H and O–H groups in total. The number of benzene rings is 1. The summed E-state index contributed by atoms with van der Waals surface area (Å²) in [6, 6.07) is 9.37. The van der Waals surface area contributed by atoms with Crippen molar-refractivity contribution in [2.45, 2.75) is 122 Å². The van der Waals surface area contributed by atoms with Crippen molar-refractivity contribution in [2.24, 2.45) is 22.7 Å². The van der Waals surface area contributed by atoms with E-state index in [1.807, 2.05) is 13.8 Å². The maximum Gasteiger partial charge on any atom is 0.338 e. The zero-order valence-corrected chi connectivity index (χ0v) is 35.6. The van der Waals surface area contributed by atoms with Gasteiger partial charge in [-0.25, -0.2) is 9.59 Å². The first-order chi connectivity index (χ1) is 28.1. The fourth-order valence-corrected chi connectivity index (χ4v) is 10.2. The molecule has 2 aromatic rings. The van der Waals surface area contributed by atoms with Crippen LogP contribution in [0.25, 0.3) is 0 Å². The van der Waals surface area contributed by atoms with Gasteiger partial charge in [0.2, 0.25) is 0 Å². The van der Waals surface area contributed by atoms with Crippen molar-refractivity contribution in [3.05, 3.63) is 71.2 Å². The summed E-state index contributed by atoms with van der Waals surface area (Å²) in [4.78, 5) is 82.6. The number of aliphatic hydroxyl groups is 3. The molecule has 6 rings (SSSR count). The number of furan rings is 1. The summed E-state index contributed by atoms with van der Waals surface area (Å²) in [5, 5.41) is 39.3. The lowest BCUT2D eigenvalue weighted by Crippen LogP contribution is -2.82. The largest absolute Gasteiger partial charge is 0.467 e. The number of ether oxygens (including phenoxy) is 5. The van der Waals surface area contributed by atoms with E-state index in [4.69, 9.17) is 28.1 Å². The van der Waals surface area contributed by atoms with Gasteiger partial charge < -0.3 is 48.7 Å². The highest BCUT2D eigenvalue weighted by atomic mass is 32.2. The van der Waals surface area contributed by atoms with Crippen molar-refractivity contribution in [3.8, 4) is 0 Å². The SMILES string of the molecule is CC(=O)O[C@H]1C(=O)[C@@]2(C)C([C@H](OC(=O)c3ccccc3)[C@]3(O)C[C@H](OC(=O)[C@H](O)[C@@H](NC(=O)SCC(C)C)c4ccco4)C(C)=C1C3(C)C)[C@]1(OC(C)=O)CO[C@@H]1C[C@@H]2O. The predicted molar refractivity (Wildman–Crippen MR) is 212 cm³/mol. The Morgan fingerprint density at radius 2 is 1.67 bits per heavy atom. The number of hydrogen-bond donors (Lipinski definition) is 4. The number of thioether (sulfide) groups is 1. The zero-order valence-electron chi connectivity index (χ0n) is 34.8. The Hall–Kier alpha value is -4.55. The minimum atomic E-state index is -2.39. The number of carbonyl (C=O) groups is 6. The molecular weight excluding hydrogens is 803 g/mol. The number of hydrogen-bond acceptors (Lipinski definition) is 16. The van der Waals surface area contributed by atoms with Gasteiger partial charge >= 0.3 is 23.9 Å². The maximum atomic E-state index is 15.4. The number of esters is 4. The average molecular weight is 856 g/mol. The Balaban J connectivity index is 1.52. The van der Waals surface area contributed by atoms with Crippen LogP contribution in [-0.4, -0.2) is 110 Å². The highest BCUT2D eigenvalue weighted by Gasteiger charge is 2.78. The Labute approximate surface area is 351 Å². The van der Waals surface area contributed by atoms with Gasteiger partial charge in [-0.3, -0.25) is 19.2 Å². The average Bonchev–Trinajstić information content (AvgIpc) is 3.72. The van der Waals surface area contributed by atoms with Gasteiger partial charge in [0.05, 0.1) is 35.9 Å². The highest BCUT2D eigenvalue weighted by molar-refractivity contribution is 8.13. The van der Waals surface area contributed by atoms with Gasteiger partial charge in [0.15, 0.2) is 23.6 Å². The molecule has 1 aromatic heterocycles. The van der Waals surface area contributed by atoms with E-state index in [2.05, 4.69) is 5.32 Å². The summed E-state index contributed by atoms with van der Waals surface area (Å²) in [6.07, 6.45) is -9.25. The van der Waals surface area contributed by atoms with Crippen molar-refractivity contribution >= 4 is 46.7 Å². The second kappa shape index (κ2) is 16.7. The lowest BCUT2D eigenvalue weighted by atomic mass is 9.44. The van der Waals surface area contributed by atoms with E-state index in [0.29, 0.717) is 5.75 Å². The Bertz CT molecular complexity index is 2030. The molecular formula is C43H53NO15S. The number of aliphatic hydroxyl groups excluding tert-OH is 2. The molecule has 326 valence electrons. The number of nitrogens with one attached hydrogen (secondary N) is 1. The van der Waals surface area contributed by atoms with Crippen molar-refractivity contribution in [2.75, 3.05) is 12.4 Å². The normalized spacial score (nSPS) is 32.8.